The Morgan fingerprint density at radius 1 is 1.25 bits per heavy atom. The number of carbonyl (C=O) groups excluding carboxylic acids is 1. The predicted octanol–water partition coefficient (Wildman–Crippen LogP) is 2.80. The van der Waals surface area contributed by atoms with Crippen molar-refractivity contribution in [1.82, 2.24) is 5.32 Å². The van der Waals surface area contributed by atoms with E-state index in [1.165, 1.54) is 13.0 Å². The number of benzene rings is 1. The summed E-state index contributed by atoms with van der Waals surface area (Å²) in [5, 5.41) is 2.53. The van der Waals surface area contributed by atoms with E-state index in [-0.39, 0.29) is 5.56 Å². The fraction of sp³-hybridized carbons (Fsp3) is 0.417. The smallest absolute Gasteiger partial charge is 0.257 e. The fourth-order valence-electron chi connectivity index (χ4n) is 1.27. The lowest BCUT2D eigenvalue weighted by atomic mass is 10.1. The third-order valence-corrected chi connectivity index (χ3v) is 2.00. The van der Waals surface area contributed by atoms with Crippen molar-refractivity contribution in [3.8, 4) is 0 Å². The summed E-state index contributed by atoms with van der Waals surface area (Å²) < 4.78 is 26.9. The minimum absolute atomic E-state index is 0.250. The molecule has 0 radical (unpaired) electrons. The summed E-state index contributed by atoms with van der Waals surface area (Å²) in [7, 11) is 0. The van der Waals surface area contributed by atoms with Crippen molar-refractivity contribution in [2.45, 2.75) is 33.2 Å². The van der Waals surface area contributed by atoms with Crippen LogP contribution in [0.2, 0.25) is 0 Å². The molecule has 0 unspecified atom stereocenters. The summed E-state index contributed by atoms with van der Waals surface area (Å²) in [4.78, 5) is 11.7. The van der Waals surface area contributed by atoms with E-state index in [9.17, 15) is 13.6 Å². The first-order valence-corrected chi connectivity index (χ1v) is 4.99. The van der Waals surface area contributed by atoms with E-state index in [1.54, 1.807) is 20.8 Å². The summed E-state index contributed by atoms with van der Waals surface area (Å²) in [5.41, 5.74) is -0.796. The van der Waals surface area contributed by atoms with Crippen molar-refractivity contribution >= 4 is 5.91 Å². The zero-order valence-electron chi connectivity index (χ0n) is 9.82. The Hall–Kier alpha value is -1.45. The van der Waals surface area contributed by atoms with E-state index in [0.717, 1.165) is 6.07 Å². The van der Waals surface area contributed by atoms with Crippen LogP contribution in [0.5, 0.6) is 0 Å². The minimum atomic E-state index is -0.843. The van der Waals surface area contributed by atoms with Crippen LogP contribution >= 0.6 is 0 Å². The Bertz CT molecular complexity index is 422. The molecule has 0 heterocycles. The Balaban J connectivity index is 3.14. The first kappa shape index (κ1) is 12.6. The minimum Gasteiger partial charge on any atom is -0.347 e. The molecule has 4 heteroatoms. The van der Waals surface area contributed by atoms with Gasteiger partial charge in [0.15, 0.2) is 0 Å². The molecule has 0 aliphatic heterocycles. The lowest BCUT2D eigenvalue weighted by molar-refractivity contribution is 0.0910. The van der Waals surface area contributed by atoms with Gasteiger partial charge >= 0.3 is 0 Å². The first-order chi connectivity index (χ1) is 7.22. The normalized spacial score (nSPS) is 11.4. The molecule has 0 aromatic heterocycles. The molecule has 88 valence electrons. The highest BCUT2D eigenvalue weighted by Gasteiger charge is 2.22. The average molecular weight is 227 g/mol. The zero-order valence-corrected chi connectivity index (χ0v) is 9.82. The molecule has 1 aromatic carbocycles. The van der Waals surface area contributed by atoms with Crippen molar-refractivity contribution in [1.29, 1.82) is 0 Å². The van der Waals surface area contributed by atoms with Gasteiger partial charge in [-0.3, -0.25) is 4.79 Å². The van der Waals surface area contributed by atoms with Crippen LogP contribution in [-0.2, 0) is 0 Å². The molecule has 1 N–H and O–H groups in total. The Kier molecular flexibility index (Phi) is 3.31. The van der Waals surface area contributed by atoms with E-state index >= 15 is 0 Å². The van der Waals surface area contributed by atoms with Crippen molar-refractivity contribution in [3.63, 3.8) is 0 Å². The van der Waals surface area contributed by atoms with Crippen LogP contribution < -0.4 is 5.32 Å². The van der Waals surface area contributed by atoms with Crippen LogP contribution in [0.4, 0.5) is 8.78 Å². The average Bonchev–Trinajstić information content (AvgIpc) is 2.09. The van der Waals surface area contributed by atoms with Crippen LogP contribution in [0.3, 0.4) is 0 Å². The van der Waals surface area contributed by atoms with E-state index in [1.807, 2.05) is 0 Å². The number of hydrogen-bond donors (Lipinski definition) is 1. The summed E-state index contributed by atoms with van der Waals surface area (Å²) in [6.45, 7) is 6.73. The largest absolute Gasteiger partial charge is 0.347 e. The van der Waals surface area contributed by atoms with Gasteiger partial charge in [-0.1, -0.05) is 6.07 Å². The van der Waals surface area contributed by atoms with Gasteiger partial charge in [0.05, 0.1) is 0 Å². The monoisotopic (exact) mass is 227 g/mol. The van der Waals surface area contributed by atoms with Crippen molar-refractivity contribution < 1.29 is 13.6 Å². The Morgan fingerprint density at radius 2 is 1.81 bits per heavy atom. The lowest BCUT2D eigenvalue weighted by Crippen LogP contribution is -2.41. The first-order valence-electron chi connectivity index (χ1n) is 4.99. The number of aryl methyl sites for hydroxylation is 1. The Morgan fingerprint density at radius 3 is 2.31 bits per heavy atom. The van der Waals surface area contributed by atoms with Gasteiger partial charge < -0.3 is 5.32 Å². The third-order valence-electron chi connectivity index (χ3n) is 2.00. The number of rotatable bonds is 1. The molecule has 1 rings (SSSR count). The molecule has 0 saturated heterocycles. The highest BCUT2D eigenvalue weighted by molar-refractivity contribution is 5.95. The molecule has 2 nitrogen and oxygen atoms in total. The second kappa shape index (κ2) is 4.20. The van der Waals surface area contributed by atoms with Crippen LogP contribution in [0.15, 0.2) is 12.1 Å². The summed E-state index contributed by atoms with van der Waals surface area (Å²) in [5.74, 6) is -2.38. The number of hydrogen-bond acceptors (Lipinski definition) is 1. The van der Waals surface area contributed by atoms with E-state index < -0.39 is 28.6 Å². The zero-order chi connectivity index (χ0) is 12.5. The number of carbonyl (C=O) groups is 1. The maximum absolute atomic E-state index is 13.6. The lowest BCUT2D eigenvalue weighted by Gasteiger charge is -2.21. The van der Waals surface area contributed by atoms with Gasteiger partial charge in [-0.15, -0.1) is 0 Å². The van der Waals surface area contributed by atoms with Gasteiger partial charge in [0.2, 0.25) is 0 Å². The fourth-order valence-corrected chi connectivity index (χ4v) is 1.27. The highest BCUT2D eigenvalue weighted by atomic mass is 19.1. The molecule has 0 aliphatic carbocycles. The molecular formula is C12H15F2NO. The van der Waals surface area contributed by atoms with E-state index in [4.69, 9.17) is 0 Å². The third kappa shape index (κ3) is 2.78. The quantitative estimate of drug-likeness (QED) is 0.785. The summed E-state index contributed by atoms with van der Waals surface area (Å²) >= 11 is 0. The van der Waals surface area contributed by atoms with Crippen LogP contribution in [-0.4, -0.2) is 11.4 Å². The van der Waals surface area contributed by atoms with Gasteiger partial charge in [0, 0.05) is 5.54 Å². The highest BCUT2D eigenvalue weighted by Crippen LogP contribution is 2.17. The van der Waals surface area contributed by atoms with Gasteiger partial charge in [0.25, 0.3) is 5.91 Å². The predicted molar refractivity (Wildman–Crippen MR) is 58.3 cm³/mol. The summed E-state index contributed by atoms with van der Waals surface area (Å²) in [6.07, 6.45) is 0. The maximum atomic E-state index is 13.6. The van der Waals surface area contributed by atoms with Gasteiger partial charge in [-0.05, 0) is 39.3 Å². The molecule has 0 atom stereocenters. The van der Waals surface area contributed by atoms with Crippen LogP contribution in [0.25, 0.3) is 0 Å². The summed E-state index contributed by atoms with van der Waals surface area (Å²) in [6, 6.07) is 2.40. The van der Waals surface area contributed by atoms with Gasteiger partial charge in [0.1, 0.15) is 17.2 Å². The number of halogens is 2. The van der Waals surface area contributed by atoms with E-state index in [0.29, 0.717) is 0 Å². The second-order valence-corrected chi connectivity index (χ2v) is 4.76. The molecular weight excluding hydrogens is 212 g/mol. The van der Waals surface area contributed by atoms with Crippen LogP contribution in [0.1, 0.15) is 36.7 Å². The molecule has 0 bridgehead atoms. The molecule has 0 fully saturated rings. The maximum Gasteiger partial charge on any atom is 0.257 e. The number of nitrogens with one attached hydrogen (secondary N) is 1. The van der Waals surface area contributed by atoms with Gasteiger partial charge in [-0.25, -0.2) is 8.78 Å². The molecule has 0 saturated carbocycles. The van der Waals surface area contributed by atoms with Crippen molar-refractivity contribution in [2.75, 3.05) is 0 Å². The Labute approximate surface area is 93.7 Å². The van der Waals surface area contributed by atoms with Crippen LogP contribution in [0, 0.1) is 18.6 Å². The molecule has 0 spiro atoms. The van der Waals surface area contributed by atoms with Crippen molar-refractivity contribution in [3.05, 3.63) is 34.9 Å². The van der Waals surface area contributed by atoms with Gasteiger partial charge in [-0.2, -0.15) is 0 Å². The topological polar surface area (TPSA) is 29.1 Å². The molecule has 1 amide bonds. The standard InChI is InChI=1S/C12H15F2NO/c1-7-5-6-8(13)9(10(7)14)11(16)15-12(2,3)4/h5-6H,1-4H3,(H,15,16). The SMILES string of the molecule is Cc1ccc(F)c(C(=O)NC(C)(C)C)c1F. The number of amides is 1. The van der Waals surface area contributed by atoms with E-state index in [2.05, 4.69) is 5.32 Å². The molecule has 16 heavy (non-hydrogen) atoms. The second-order valence-electron chi connectivity index (χ2n) is 4.76. The van der Waals surface area contributed by atoms with Crippen molar-refractivity contribution in [2.24, 2.45) is 0 Å². The molecule has 0 aliphatic rings. The molecule has 1 aromatic rings.